The van der Waals surface area contributed by atoms with Gasteiger partial charge in [0.25, 0.3) is 0 Å². The summed E-state index contributed by atoms with van der Waals surface area (Å²) >= 11 is 5.35. The van der Waals surface area contributed by atoms with E-state index >= 15 is 0 Å². The SMILES string of the molecule is O=C(CCl)NCC(O)c1ccc2c(c1)OCCO2. The van der Waals surface area contributed by atoms with E-state index in [4.69, 9.17) is 21.1 Å². The van der Waals surface area contributed by atoms with Gasteiger partial charge in [0.15, 0.2) is 11.5 Å². The van der Waals surface area contributed by atoms with Crippen LogP contribution in [0.5, 0.6) is 11.5 Å². The molecule has 6 heteroatoms. The Hall–Kier alpha value is -1.46. The average molecular weight is 272 g/mol. The second-order valence-electron chi connectivity index (χ2n) is 3.86. The lowest BCUT2D eigenvalue weighted by molar-refractivity contribution is -0.119. The molecule has 1 aliphatic rings. The maximum atomic E-state index is 11.0. The van der Waals surface area contributed by atoms with Crippen LogP contribution in [-0.2, 0) is 4.79 Å². The molecule has 1 heterocycles. The second kappa shape index (κ2) is 5.93. The zero-order valence-electron chi connectivity index (χ0n) is 9.69. The molecule has 1 aliphatic heterocycles. The van der Waals surface area contributed by atoms with Crippen molar-refractivity contribution in [3.8, 4) is 11.5 Å². The first kappa shape index (κ1) is 13.0. The van der Waals surface area contributed by atoms with Crippen LogP contribution in [0.3, 0.4) is 0 Å². The van der Waals surface area contributed by atoms with E-state index in [1.54, 1.807) is 18.2 Å². The van der Waals surface area contributed by atoms with Crippen LogP contribution in [0.15, 0.2) is 18.2 Å². The molecule has 18 heavy (non-hydrogen) atoms. The number of aliphatic hydroxyl groups is 1. The van der Waals surface area contributed by atoms with E-state index in [2.05, 4.69) is 5.32 Å². The summed E-state index contributed by atoms with van der Waals surface area (Å²) in [6.07, 6.45) is -0.798. The van der Waals surface area contributed by atoms with Crippen molar-refractivity contribution in [3.05, 3.63) is 23.8 Å². The van der Waals surface area contributed by atoms with Crippen molar-refractivity contribution >= 4 is 17.5 Å². The fourth-order valence-corrected chi connectivity index (χ4v) is 1.74. The summed E-state index contributed by atoms with van der Waals surface area (Å²) in [6.45, 7) is 1.14. The molecule has 0 fully saturated rings. The first-order valence-corrected chi connectivity index (χ1v) is 6.14. The number of ether oxygens (including phenoxy) is 2. The second-order valence-corrected chi connectivity index (χ2v) is 4.12. The first-order valence-electron chi connectivity index (χ1n) is 5.61. The number of halogens is 1. The van der Waals surface area contributed by atoms with Crippen LogP contribution in [0.25, 0.3) is 0 Å². The van der Waals surface area contributed by atoms with Crippen LogP contribution in [0, 0.1) is 0 Å². The molecule has 1 atom stereocenters. The van der Waals surface area contributed by atoms with E-state index in [1.807, 2.05) is 0 Å². The number of rotatable bonds is 4. The maximum Gasteiger partial charge on any atom is 0.235 e. The summed E-state index contributed by atoms with van der Waals surface area (Å²) < 4.78 is 10.8. The van der Waals surface area contributed by atoms with Crippen LogP contribution < -0.4 is 14.8 Å². The minimum absolute atomic E-state index is 0.116. The van der Waals surface area contributed by atoms with Crippen molar-refractivity contribution < 1.29 is 19.4 Å². The number of alkyl halides is 1. The van der Waals surface area contributed by atoms with E-state index in [0.29, 0.717) is 30.3 Å². The number of carbonyl (C=O) groups excluding carboxylic acids is 1. The fourth-order valence-electron chi connectivity index (χ4n) is 1.64. The molecule has 0 radical (unpaired) electrons. The Labute approximate surface area is 110 Å². The molecule has 0 bridgehead atoms. The number of carbonyl (C=O) groups is 1. The molecule has 5 nitrogen and oxygen atoms in total. The number of benzene rings is 1. The third kappa shape index (κ3) is 3.05. The number of fused-ring (bicyclic) bond motifs is 1. The lowest BCUT2D eigenvalue weighted by atomic mass is 10.1. The zero-order valence-corrected chi connectivity index (χ0v) is 10.4. The minimum atomic E-state index is -0.798. The number of aliphatic hydroxyl groups excluding tert-OH is 1. The minimum Gasteiger partial charge on any atom is -0.486 e. The average Bonchev–Trinajstić information content (AvgIpc) is 2.43. The summed E-state index contributed by atoms with van der Waals surface area (Å²) in [5.74, 6) is 0.852. The van der Waals surface area contributed by atoms with Crippen molar-refractivity contribution in [1.29, 1.82) is 0 Å². The van der Waals surface area contributed by atoms with Gasteiger partial charge in [0.1, 0.15) is 19.1 Å². The Morgan fingerprint density at radius 3 is 2.83 bits per heavy atom. The quantitative estimate of drug-likeness (QED) is 0.797. The van der Waals surface area contributed by atoms with E-state index in [-0.39, 0.29) is 18.3 Å². The molecule has 0 aliphatic carbocycles. The molecule has 0 saturated carbocycles. The number of nitrogens with one attached hydrogen (secondary N) is 1. The predicted molar refractivity (Wildman–Crippen MR) is 66.1 cm³/mol. The van der Waals surface area contributed by atoms with Gasteiger partial charge < -0.3 is 19.9 Å². The van der Waals surface area contributed by atoms with E-state index < -0.39 is 6.10 Å². The van der Waals surface area contributed by atoms with Crippen molar-refractivity contribution in [3.63, 3.8) is 0 Å². The van der Waals surface area contributed by atoms with E-state index in [0.717, 1.165) is 0 Å². The van der Waals surface area contributed by atoms with Crippen LogP contribution in [-0.4, -0.2) is 36.7 Å². The van der Waals surface area contributed by atoms with E-state index in [9.17, 15) is 9.90 Å². The molecule has 0 saturated heterocycles. The molecule has 1 unspecified atom stereocenters. The molecule has 1 amide bonds. The van der Waals surface area contributed by atoms with Crippen LogP contribution in [0.2, 0.25) is 0 Å². The highest BCUT2D eigenvalue weighted by Crippen LogP contribution is 2.32. The van der Waals surface area contributed by atoms with E-state index in [1.165, 1.54) is 0 Å². The molecule has 2 N–H and O–H groups in total. The zero-order chi connectivity index (χ0) is 13.0. The Bertz CT molecular complexity index is 438. The standard InChI is InChI=1S/C12H14ClNO4/c13-6-12(16)14-7-9(15)8-1-2-10-11(5-8)18-4-3-17-10/h1-2,5,9,15H,3-4,6-7H2,(H,14,16). The normalized spacial score (nSPS) is 15.0. The molecule has 98 valence electrons. The highest BCUT2D eigenvalue weighted by molar-refractivity contribution is 6.27. The monoisotopic (exact) mass is 271 g/mol. The van der Waals surface area contributed by atoms with Crippen molar-refractivity contribution in [2.24, 2.45) is 0 Å². The number of hydrogen-bond acceptors (Lipinski definition) is 4. The summed E-state index contributed by atoms with van der Waals surface area (Å²) in [5, 5.41) is 12.4. The van der Waals surface area contributed by atoms with Crippen molar-refractivity contribution in [2.45, 2.75) is 6.10 Å². The molecular weight excluding hydrogens is 258 g/mol. The molecule has 2 rings (SSSR count). The fraction of sp³-hybridized carbons (Fsp3) is 0.417. The van der Waals surface area contributed by atoms with Crippen molar-refractivity contribution in [2.75, 3.05) is 25.6 Å². The highest BCUT2D eigenvalue weighted by Gasteiger charge is 2.15. The lowest BCUT2D eigenvalue weighted by Gasteiger charge is -2.20. The summed E-state index contributed by atoms with van der Waals surface area (Å²) in [4.78, 5) is 11.0. The summed E-state index contributed by atoms with van der Waals surface area (Å²) in [5.41, 5.74) is 0.661. The van der Waals surface area contributed by atoms with Gasteiger partial charge in [0.2, 0.25) is 5.91 Å². The third-order valence-corrected chi connectivity index (χ3v) is 2.81. The van der Waals surface area contributed by atoms with Crippen LogP contribution in [0.1, 0.15) is 11.7 Å². The summed E-state index contributed by atoms with van der Waals surface area (Å²) in [6, 6.07) is 5.20. The number of amides is 1. The lowest BCUT2D eigenvalue weighted by Crippen LogP contribution is -2.29. The van der Waals surface area contributed by atoms with Crippen molar-refractivity contribution in [1.82, 2.24) is 5.32 Å². The van der Waals surface area contributed by atoms with Gasteiger partial charge >= 0.3 is 0 Å². The van der Waals surface area contributed by atoms with Gasteiger partial charge in [0, 0.05) is 6.54 Å². The summed E-state index contributed by atoms with van der Waals surface area (Å²) in [7, 11) is 0. The van der Waals surface area contributed by atoms with Gasteiger partial charge in [-0.2, -0.15) is 0 Å². The Kier molecular flexibility index (Phi) is 4.28. The largest absolute Gasteiger partial charge is 0.486 e. The van der Waals surface area contributed by atoms with Gasteiger partial charge in [-0.15, -0.1) is 11.6 Å². The third-order valence-electron chi connectivity index (χ3n) is 2.56. The number of hydrogen-bond donors (Lipinski definition) is 2. The molecule has 0 spiro atoms. The van der Waals surface area contributed by atoms with Gasteiger partial charge in [-0.1, -0.05) is 6.07 Å². The molecule has 1 aromatic rings. The van der Waals surface area contributed by atoms with Gasteiger partial charge in [-0.3, -0.25) is 4.79 Å². The Morgan fingerprint density at radius 2 is 2.11 bits per heavy atom. The molecular formula is C12H14ClNO4. The maximum absolute atomic E-state index is 11.0. The Balaban J connectivity index is 2.01. The van der Waals surface area contributed by atoms with Gasteiger partial charge in [0.05, 0.1) is 6.10 Å². The topological polar surface area (TPSA) is 67.8 Å². The van der Waals surface area contributed by atoms with Gasteiger partial charge in [-0.05, 0) is 17.7 Å². The molecule has 1 aromatic carbocycles. The highest BCUT2D eigenvalue weighted by atomic mass is 35.5. The predicted octanol–water partition coefficient (Wildman–Crippen LogP) is 0.846. The van der Waals surface area contributed by atoms with Gasteiger partial charge in [-0.25, -0.2) is 0 Å². The van der Waals surface area contributed by atoms with Crippen LogP contribution in [0.4, 0.5) is 0 Å². The van der Waals surface area contributed by atoms with Crippen LogP contribution >= 0.6 is 11.6 Å². The first-order chi connectivity index (χ1) is 8.70. The smallest absolute Gasteiger partial charge is 0.235 e. The Morgan fingerprint density at radius 1 is 1.39 bits per heavy atom. The molecule has 0 aromatic heterocycles.